The monoisotopic (exact) mass is 267 g/mol. The molecule has 7 nitrogen and oxygen atoms in total. The number of amides is 1. The van der Waals surface area contributed by atoms with Crippen LogP contribution in [0.1, 0.15) is 36.0 Å². The van der Waals surface area contributed by atoms with Crippen molar-refractivity contribution in [1.29, 1.82) is 0 Å². The molecule has 0 unspecified atom stereocenters. The number of carboxylic acid groups (broad SMARTS) is 1. The molecule has 4 N–H and O–H groups in total. The minimum Gasteiger partial charge on any atom is -0.481 e. The molecule has 1 aromatic heterocycles. The van der Waals surface area contributed by atoms with Crippen molar-refractivity contribution in [3.63, 3.8) is 0 Å². The molecule has 19 heavy (non-hydrogen) atoms. The lowest BCUT2D eigenvalue weighted by Crippen LogP contribution is -2.39. The molecule has 1 amide bonds. The van der Waals surface area contributed by atoms with Gasteiger partial charge in [0.1, 0.15) is 0 Å². The first kappa shape index (κ1) is 13.5. The van der Waals surface area contributed by atoms with Crippen LogP contribution in [0.25, 0.3) is 0 Å². The van der Waals surface area contributed by atoms with Crippen LogP contribution in [0.2, 0.25) is 0 Å². The van der Waals surface area contributed by atoms with Crippen LogP contribution in [0.15, 0.2) is 12.4 Å². The summed E-state index contributed by atoms with van der Waals surface area (Å²) in [6, 6.07) is 0. The van der Waals surface area contributed by atoms with E-state index >= 15 is 0 Å². The summed E-state index contributed by atoms with van der Waals surface area (Å²) in [6.07, 6.45) is 4.58. The highest BCUT2D eigenvalue weighted by Crippen LogP contribution is 2.33. The lowest BCUT2D eigenvalue weighted by Gasteiger charge is -2.34. The molecule has 1 fully saturated rings. The Morgan fingerprint density at radius 1 is 1.47 bits per heavy atom. The van der Waals surface area contributed by atoms with Crippen molar-refractivity contribution in [3.05, 3.63) is 18.0 Å². The van der Waals surface area contributed by atoms with Gasteiger partial charge < -0.3 is 15.9 Å². The second kappa shape index (κ2) is 5.00. The minimum absolute atomic E-state index is 0.243. The van der Waals surface area contributed by atoms with Crippen LogP contribution < -0.4 is 5.73 Å². The van der Waals surface area contributed by atoms with Gasteiger partial charge in [0.15, 0.2) is 0 Å². The highest BCUT2D eigenvalue weighted by atomic mass is 16.4. The van der Waals surface area contributed by atoms with Crippen LogP contribution in [0, 0.1) is 5.92 Å². The van der Waals surface area contributed by atoms with Gasteiger partial charge in [-0.2, -0.15) is 5.10 Å². The molecule has 0 aliphatic heterocycles. The Bertz CT molecular complexity index is 489. The number of aliphatic carboxylic acids is 1. The Labute approximate surface area is 110 Å². The zero-order valence-corrected chi connectivity index (χ0v) is 10.5. The number of carboxylic acids is 1. The van der Waals surface area contributed by atoms with Gasteiger partial charge in [0, 0.05) is 6.20 Å². The molecule has 1 aliphatic carbocycles. The second-order valence-electron chi connectivity index (χ2n) is 5.13. The number of hydrogen-bond donors (Lipinski definition) is 3. The van der Waals surface area contributed by atoms with E-state index in [4.69, 9.17) is 10.8 Å². The van der Waals surface area contributed by atoms with Crippen LogP contribution in [0.5, 0.6) is 0 Å². The van der Waals surface area contributed by atoms with E-state index in [9.17, 15) is 14.7 Å². The molecule has 1 heterocycles. The smallest absolute Gasteiger partial charge is 0.306 e. The van der Waals surface area contributed by atoms with Crippen LogP contribution in [0.4, 0.5) is 0 Å². The molecule has 1 saturated carbocycles. The lowest BCUT2D eigenvalue weighted by atomic mass is 9.79. The maximum absolute atomic E-state index is 10.9. The van der Waals surface area contributed by atoms with E-state index in [-0.39, 0.29) is 12.5 Å². The van der Waals surface area contributed by atoms with E-state index in [2.05, 4.69) is 5.10 Å². The van der Waals surface area contributed by atoms with E-state index in [1.54, 1.807) is 0 Å². The maximum Gasteiger partial charge on any atom is 0.306 e. The molecule has 0 aromatic carbocycles. The minimum atomic E-state index is -0.965. The zero-order chi connectivity index (χ0) is 14.0. The van der Waals surface area contributed by atoms with Gasteiger partial charge in [-0.3, -0.25) is 14.3 Å². The maximum atomic E-state index is 10.9. The number of rotatable bonds is 4. The third kappa shape index (κ3) is 3.11. The molecule has 0 spiro atoms. The Hall–Kier alpha value is -1.89. The summed E-state index contributed by atoms with van der Waals surface area (Å²) >= 11 is 0. The summed E-state index contributed by atoms with van der Waals surface area (Å²) in [5.41, 5.74) is 4.45. The van der Waals surface area contributed by atoms with E-state index in [1.165, 1.54) is 17.1 Å². The Kier molecular flexibility index (Phi) is 3.57. The van der Waals surface area contributed by atoms with Gasteiger partial charge in [0.05, 0.1) is 29.8 Å². The molecule has 104 valence electrons. The quantitative estimate of drug-likeness (QED) is 0.708. The fraction of sp³-hybridized carbons (Fsp3) is 0.583. The molecule has 2 rings (SSSR count). The van der Waals surface area contributed by atoms with Gasteiger partial charge >= 0.3 is 5.97 Å². The first-order valence-electron chi connectivity index (χ1n) is 6.17. The first-order valence-corrected chi connectivity index (χ1v) is 6.17. The molecule has 1 aromatic rings. The van der Waals surface area contributed by atoms with Crippen molar-refractivity contribution >= 4 is 11.9 Å². The van der Waals surface area contributed by atoms with Crippen molar-refractivity contribution in [2.75, 3.05) is 0 Å². The van der Waals surface area contributed by atoms with Gasteiger partial charge in [-0.05, 0) is 25.7 Å². The first-order chi connectivity index (χ1) is 8.89. The molecule has 1 aliphatic rings. The standard InChI is InChI=1S/C12H17N3O4/c13-10(16)9-5-14-15(6-9)7-12(19)3-1-8(2-4-12)11(17)18/h5-6,8,19H,1-4,7H2,(H2,13,16)(H,17,18). The number of hydrogen-bond acceptors (Lipinski definition) is 4. The normalized spacial score (nSPS) is 27.1. The van der Waals surface area contributed by atoms with Crippen molar-refractivity contribution in [1.82, 2.24) is 9.78 Å². The molecule has 0 saturated heterocycles. The average molecular weight is 267 g/mol. The van der Waals surface area contributed by atoms with Crippen molar-refractivity contribution in [2.24, 2.45) is 11.7 Å². The molecule has 7 heteroatoms. The number of carbonyl (C=O) groups excluding carboxylic acids is 1. The van der Waals surface area contributed by atoms with Crippen LogP contribution >= 0.6 is 0 Å². The largest absolute Gasteiger partial charge is 0.481 e. The Morgan fingerprint density at radius 2 is 2.11 bits per heavy atom. The summed E-state index contributed by atoms with van der Waals surface area (Å²) in [5, 5.41) is 23.3. The number of nitrogens with two attached hydrogens (primary N) is 1. The number of aliphatic hydroxyl groups is 1. The molecule has 0 bridgehead atoms. The van der Waals surface area contributed by atoms with Crippen LogP contribution in [-0.2, 0) is 11.3 Å². The summed E-state index contributed by atoms with van der Waals surface area (Å²) < 4.78 is 1.47. The van der Waals surface area contributed by atoms with E-state index < -0.39 is 17.5 Å². The number of nitrogens with zero attached hydrogens (tertiary/aromatic N) is 2. The topological polar surface area (TPSA) is 118 Å². The molecule has 0 radical (unpaired) electrons. The van der Waals surface area contributed by atoms with E-state index in [1.807, 2.05) is 0 Å². The van der Waals surface area contributed by atoms with E-state index in [0.717, 1.165) is 0 Å². The van der Waals surface area contributed by atoms with Gasteiger partial charge in [-0.25, -0.2) is 0 Å². The number of carbonyl (C=O) groups is 2. The van der Waals surface area contributed by atoms with Crippen molar-refractivity contribution in [2.45, 2.75) is 37.8 Å². The summed E-state index contributed by atoms with van der Waals surface area (Å²) in [7, 11) is 0. The van der Waals surface area contributed by atoms with Gasteiger partial charge in [-0.15, -0.1) is 0 Å². The lowest BCUT2D eigenvalue weighted by molar-refractivity contribution is -0.145. The molecule has 0 atom stereocenters. The fourth-order valence-corrected chi connectivity index (χ4v) is 2.44. The van der Waals surface area contributed by atoms with Crippen LogP contribution in [-0.4, -0.2) is 37.5 Å². The van der Waals surface area contributed by atoms with Crippen molar-refractivity contribution in [3.8, 4) is 0 Å². The molecular weight excluding hydrogens is 250 g/mol. The number of primary amides is 1. The zero-order valence-electron chi connectivity index (χ0n) is 10.5. The fourth-order valence-electron chi connectivity index (χ4n) is 2.44. The Balaban J connectivity index is 1.98. The third-order valence-electron chi connectivity index (χ3n) is 3.64. The summed E-state index contributed by atoms with van der Waals surface area (Å²) in [5.74, 6) is -1.75. The van der Waals surface area contributed by atoms with Crippen molar-refractivity contribution < 1.29 is 19.8 Å². The highest BCUT2D eigenvalue weighted by molar-refractivity contribution is 5.92. The molecular formula is C12H17N3O4. The van der Waals surface area contributed by atoms with Crippen LogP contribution in [0.3, 0.4) is 0 Å². The predicted octanol–water partition coefficient (Wildman–Crippen LogP) is -0.0121. The second-order valence-corrected chi connectivity index (χ2v) is 5.13. The van der Waals surface area contributed by atoms with Gasteiger partial charge in [0.25, 0.3) is 5.91 Å². The third-order valence-corrected chi connectivity index (χ3v) is 3.64. The predicted molar refractivity (Wildman–Crippen MR) is 65.3 cm³/mol. The summed E-state index contributed by atoms with van der Waals surface area (Å²) in [6.45, 7) is 0.243. The van der Waals surface area contributed by atoms with Gasteiger partial charge in [0.2, 0.25) is 0 Å². The van der Waals surface area contributed by atoms with Gasteiger partial charge in [-0.1, -0.05) is 0 Å². The number of aromatic nitrogens is 2. The summed E-state index contributed by atoms with van der Waals surface area (Å²) in [4.78, 5) is 21.8. The van der Waals surface area contributed by atoms with E-state index in [0.29, 0.717) is 31.2 Å². The Morgan fingerprint density at radius 3 is 2.58 bits per heavy atom. The highest BCUT2D eigenvalue weighted by Gasteiger charge is 2.36. The SMILES string of the molecule is NC(=O)c1cnn(CC2(O)CCC(C(=O)O)CC2)c1. The average Bonchev–Trinajstić information content (AvgIpc) is 2.77.